The summed E-state index contributed by atoms with van der Waals surface area (Å²) in [5, 5.41) is 2.58. The fourth-order valence-electron chi connectivity index (χ4n) is 1.68. The minimum atomic E-state index is -0.581. The van der Waals surface area contributed by atoms with Crippen molar-refractivity contribution < 1.29 is 14.3 Å². The van der Waals surface area contributed by atoms with Crippen LogP contribution in [-0.2, 0) is 14.3 Å². The van der Waals surface area contributed by atoms with E-state index in [4.69, 9.17) is 0 Å². The number of hydrogen-bond acceptors (Lipinski definition) is 3. The summed E-state index contributed by atoms with van der Waals surface area (Å²) < 4.78 is 4.65. The van der Waals surface area contributed by atoms with Gasteiger partial charge in [0.25, 0.3) is 0 Å². The number of methoxy groups -OCH3 is 1. The highest BCUT2D eigenvalue weighted by atomic mass is 16.5. The normalized spacial score (nSPS) is 12.1. The van der Waals surface area contributed by atoms with E-state index in [9.17, 15) is 9.59 Å². The Hall–Kier alpha value is -2.10. The molecule has 1 N–H and O–H groups in total. The van der Waals surface area contributed by atoms with Crippen molar-refractivity contribution in [3.05, 3.63) is 42.0 Å². The number of allylic oxidation sites excluding steroid dienone is 1. The molecule has 4 nitrogen and oxygen atoms in total. The van der Waals surface area contributed by atoms with E-state index in [2.05, 4.69) is 10.1 Å². The lowest BCUT2D eigenvalue weighted by atomic mass is 10.1. The van der Waals surface area contributed by atoms with Crippen molar-refractivity contribution in [1.29, 1.82) is 0 Å². The summed E-state index contributed by atoms with van der Waals surface area (Å²) in [6, 6.07) is 9.32. The van der Waals surface area contributed by atoms with Gasteiger partial charge in [-0.2, -0.15) is 0 Å². The van der Waals surface area contributed by atoms with Crippen molar-refractivity contribution in [1.82, 2.24) is 5.32 Å². The maximum absolute atomic E-state index is 11.5. The third-order valence-electron chi connectivity index (χ3n) is 2.60. The number of nitrogens with one attached hydrogen (secondary N) is 1. The van der Waals surface area contributed by atoms with Crippen LogP contribution in [0.25, 0.3) is 6.08 Å². The van der Waals surface area contributed by atoms with Crippen LogP contribution in [0.5, 0.6) is 0 Å². The summed E-state index contributed by atoms with van der Waals surface area (Å²) >= 11 is 0. The molecule has 0 radical (unpaired) electrons. The number of rotatable bonds is 6. The number of hydrogen-bond donors (Lipinski definition) is 1. The van der Waals surface area contributed by atoms with Crippen LogP contribution in [-0.4, -0.2) is 25.0 Å². The Morgan fingerprint density at radius 2 is 2.00 bits per heavy atom. The molecule has 0 aliphatic carbocycles. The Bertz CT molecular complexity index is 440. The van der Waals surface area contributed by atoms with Gasteiger partial charge in [-0.05, 0) is 18.4 Å². The SMILES string of the molecule is COC(=O)[C@@H](CC/C=C/c1ccccc1)NC(C)=O. The molecule has 1 aromatic carbocycles. The quantitative estimate of drug-likeness (QED) is 0.798. The number of benzene rings is 1. The predicted molar refractivity (Wildman–Crippen MR) is 74.3 cm³/mol. The fraction of sp³-hybridized carbons (Fsp3) is 0.333. The first-order valence-electron chi connectivity index (χ1n) is 6.20. The Morgan fingerprint density at radius 3 is 2.58 bits per heavy atom. The molecule has 1 aromatic rings. The van der Waals surface area contributed by atoms with Gasteiger partial charge in [0.1, 0.15) is 6.04 Å². The summed E-state index contributed by atoms with van der Waals surface area (Å²) in [7, 11) is 1.32. The van der Waals surface area contributed by atoms with E-state index in [1.807, 2.05) is 42.5 Å². The van der Waals surface area contributed by atoms with Gasteiger partial charge in [0, 0.05) is 6.92 Å². The highest BCUT2D eigenvalue weighted by molar-refractivity contribution is 5.83. The summed E-state index contributed by atoms with van der Waals surface area (Å²) in [6.45, 7) is 1.38. The molecule has 0 saturated carbocycles. The summed E-state index contributed by atoms with van der Waals surface area (Å²) in [5.74, 6) is -0.647. The molecule has 19 heavy (non-hydrogen) atoms. The van der Waals surface area contributed by atoms with Crippen molar-refractivity contribution in [3.8, 4) is 0 Å². The van der Waals surface area contributed by atoms with E-state index in [-0.39, 0.29) is 5.91 Å². The van der Waals surface area contributed by atoms with Crippen molar-refractivity contribution in [2.45, 2.75) is 25.8 Å². The molecule has 0 aromatic heterocycles. The molecular weight excluding hydrogens is 242 g/mol. The largest absolute Gasteiger partial charge is 0.467 e. The van der Waals surface area contributed by atoms with Crippen molar-refractivity contribution in [3.63, 3.8) is 0 Å². The van der Waals surface area contributed by atoms with Crippen LogP contribution in [0.15, 0.2) is 36.4 Å². The zero-order valence-corrected chi connectivity index (χ0v) is 11.3. The van der Waals surface area contributed by atoms with Crippen molar-refractivity contribution in [2.75, 3.05) is 7.11 Å². The second-order valence-electron chi connectivity index (χ2n) is 4.17. The number of amides is 1. The van der Waals surface area contributed by atoms with Gasteiger partial charge in [0.05, 0.1) is 7.11 Å². The highest BCUT2D eigenvalue weighted by Gasteiger charge is 2.18. The molecule has 0 heterocycles. The van der Waals surface area contributed by atoms with Crippen LogP contribution >= 0.6 is 0 Å². The Balaban J connectivity index is 2.46. The summed E-state index contributed by atoms with van der Waals surface area (Å²) in [6.07, 6.45) is 5.18. The highest BCUT2D eigenvalue weighted by Crippen LogP contribution is 2.05. The van der Waals surface area contributed by atoms with Gasteiger partial charge in [0.15, 0.2) is 0 Å². The second-order valence-corrected chi connectivity index (χ2v) is 4.17. The van der Waals surface area contributed by atoms with Crippen LogP contribution in [0.4, 0.5) is 0 Å². The fourth-order valence-corrected chi connectivity index (χ4v) is 1.68. The minimum absolute atomic E-state index is 0.234. The molecule has 0 aliphatic rings. The molecule has 0 fully saturated rings. The third kappa shape index (κ3) is 5.86. The monoisotopic (exact) mass is 261 g/mol. The minimum Gasteiger partial charge on any atom is -0.467 e. The zero-order valence-electron chi connectivity index (χ0n) is 11.3. The number of esters is 1. The van der Waals surface area contributed by atoms with E-state index in [0.717, 1.165) is 5.56 Å². The lowest BCUT2D eigenvalue weighted by Crippen LogP contribution is -2.40. The standard InChI is InChI=1S/C15H19NO3/c1-12(17)16-14(15(18)19-2)11-7-6-10-13-8-4-3-5-9-13/h3-6,8-10,14H,7,11H2,1-2H3,(H,16,17)/b10-6+/t14-/m1/s1. The lowest BCUT2D eigenvalue weighted by molar-refractivity contribution is -0.145. The average Bonchev–Trinajstić information content (AvgIpc) is 2.42. The Labute approximate surface area is 113 Å². The maximum Gasteiger partial charge on any atom is 0.328 e. The smallest absolute Gasteiger partial charge is 0.328 e. The van der Waals surface area contributed by atoms with Gasteiger partial charge >= 0.3 is 5.97 Å². The van der Waals surface area contributed by atoms with E-state index in [0.29, 0.717) is 12.8 Å². The van der Waals surface area contributed by atoms with E-state index >= 15 is 0 Å². The van der Waals surface area contributed by atoms with E-state index < -0.39 is 12.0 Å². The van der Waals surface area contributed by atoms with Gasteiger partial charge in [-0.3, -0.25) is 4.79 Å². The maximum atomic E-state index is 11.5. The molecule has 1 atom stereocenters. The number of carbonyl (C=O) groups excluding carboxylic acids is 2. The first kappa shape index (κ1) is 15.0. The molecule has 0 spiro atoms. The van der Waals surface area contributed by atoms with Crippen molar-refractivity contribution >= 4 is 18.0 Å². The first-order chi connectivity index (χ1) is 9.13. The van der Waals surface area contributed by atoms with E-state index in [1.54, 1.807) is 0 Å². The Kier molecular flexibility index (Phi) is 6.36. The molecule has 1 amide bonds. The van der Waals surface area contributed by atoms with Gasteiger partial charge in [-0.25, -0.2) is 4.79 Å². The topological polar surface area (TPSA) is 55.4 Å². The molecule has 102 valence electrons. The molecule has 4 heteroatoms. The molecule has 0 aliphatic heterocycles. The van der Waals surface area contributed by atoms with Crippen molar-refractivity contribution in [2.24, 2.45) is 0 Å². The number of carbonyl (C=O) groups is 2. The van der Waals surface area contributed by atoms with Gasteiger partial charge < -0.3 is 10.1 Å². The lowest BCUT2D eigenvalue weighted by Gasteiger charge is -2.14. The number of ether oxygens (including phenoxy) is 1. The molecule has 0 unspecified atom stereocenters. The van der Waals surface area contributed by atoms with Crippen LogP contribution in [0.1, 0.15) is 25.3 Å². The molecule has 1 rings (SSSR count). The van der Waals surface area contributed by atoms with E-state index in [1.165, 1.54) is 14.0 Å². The summed E-state index contributed by atoms with van der Waals surface area (Å²) in [5.41, 5.74) is 1.11. The third-order valence-corrected chi connectivity index (χ3v) is 2.60. The second kappa shape index (κ2) is 8.08. The van der Waals surface area contributed by atoms with Crippen LogP contribution in [0, 0.1) is 0 Å². The van der Waals surface area contributed by atoms with Gasteiger partial charge in [0.2, 0.25) is 5.91 Å². The predicted octanol–water partition coefficient (Wildman–Crippen LogP) is 2.16. The Morgan fingerprint density at radius 1 is 1.32 bits per heavy atom. The van der Waals surface area contributed by atoms with Gasteiger partial charge in [-0.1, -0.05) is 42.5 Å². The summed E-state index contributed by atoms with van der Waals surface area (Å²) in [4.78, 5) is 22.4. The van der Waals surface area contributed by atoms with Gasteiger partial charge in [-0.15, -0.1) is 0 Å². The molecule has 0 bridgehead atoms. The average molecular weight is 261 g/mol. The van der Waals surface area contributed by atoms with Crippen LogP contribution in [0.3, 0.4) is 0 Å². The zero-order chi connectivity index (χ0) is 14.1. The van der Waals surface area contributed by atoms with Crippen LogP contribution < -0.4 is 5.32 Å². The first-order valence-corrected chi connectivity index (χ1v) is 6.20. The molecular formula is C15H19NO3. The molecule has 0 saturated heterocycles. The van der Waals surface area contributed by atoms with Crippen LogP contribution in [0.2, 0.25) is 0 Å².